The molecule has 2 atom stereocenters. The van der Waals surface area contributed by atoms with Crippen molar-refractivity contribution in [3.05, 3.63) is 102 Å². The Morgan fingerprint density at radius 2 is 1.53 bits per heavy atom. The lowest BCUT2D eigenvalue weighted by molar-refractivity contribution is -0.147. The van der Waals surface area contributed by atoms with Crippen molar-refractivity contribution < 1.29 is 27.4 Å². The SMILES string of the molecule is CC1(C)C(/C=C(/c2ccccc2)C(F)(F)F)C1C(=O)OCc1cccc(Oc2ccccc2)c1. The van der Waals surface area contributed by atoms with Crippen molar-refractivity contribution in [1.29, 1.82) is 0 Å². The maximum atomic E-state index is 13.7. The van der Waals surface area contributed by atoms with Crippen molar-refractivity contribution in [1.82, 2.24) is 0 Å². The average molecular weight is 466 g/mol. The molecule has 0 amide bonds. The van der Waals surface area contributed by atoms with Crippen molar-refractivity contribution in [3.8, 4) is 11.5 Å². The van der Waals surface area contributed by atoms with E-state index in [9.17, 15) is 18.0 Å². The summed E-state index contributed by atoms with van der Waals surface area (Å²) in [5.41, 5.74) is -0.541. The minimum absolute atomic E-state index is 0.0126. The molecule has 6 heteroatoms. The van der Waals surface area contributed by atoms with Crippen LogP contribution in [0, 0.1) is 17.3 Å². The van der Waals surface area contributed by atoms with Crippen LogP contribution in [0.1, 0.15) is 25.0 Å². The van der Waals surface area contributed by atoms with Crippen LogP contribution in [-0.4, -0.2) is 12.1 Å². The number of carbonyl (C=O) groups excluding carboxylic acids is 1. The first-order chi connectivity index (χ1) is 16.2. The maximum Gasteiger partial charge on any atom is 0.416 e. The Morgan fingerprint density at radius 3 is 2.18 bits per heavy atom. The van der Waals surface area contributed by atoms with Crippen LogP contribution in [0.25, 0.3) is 5.57 Å². The molecule has 3 aromatic rings. The highest BCUT2D eigenvalue weighted by Gasteiger charge is 2.62. The fourth-order valence-electron chi connectivity index (χ4n) is 4.16. The highest BCUT2D eigenvalue weighted by Crippen LogP contribution is 2.61. The fraction of sp³-hybridized carbons (Fsp3) is 0.250. The molecule has 34 heavy (non-hydrogen) atoms. The Labute approximate surface area is 196 Å². The zero-order valence-electron chi connectivity index (χ0n) is 18.9. The number of halogens is 3. The van der Waals surface area contributed by atoms with Crippen LogP contribution in [0.2, 0.25) is 0 Å². The summed E-state index contributed by atoms with van der Waals surface area (Å²) in [5, 5.41) is 0. The van der Waals surface area contributed by atoms with Gasteiger partial charge in [-0.1, -0.05) is 80.6 Å². The van der Waals surface area contributed by atoms with Gasteiger partial charge in [-0.25, -0.2) is 0 Å². The highest BCUT2D eigenvalue weighted by molar-refractivity contribution is 5.80. The van der Waals surface area contributed by atoms with Crippen LogP contribution < -0.4 is 4.74 Å². The minimum Gasteiger partial charge on any atom is -0.461 e. The van der Waals surface area contributed by atoms with Crippen LogP contribution in [0.3, 0.4) is 0 Å². The highest BCUT2D eigenvalue weighted by atomic mass is 19.4. The average Bonchev–Trinajstić information content (AvgIpc) is 3.36. The normalized spacial score (nSPS) is 19.4. The molecule has 0 aromatic heterocycles. The lowest BCUT2D eigenvalue weighted by Crippen LogP contribution is -2.12. The summed E-state index contributed by atoms with van der Waals surface area (Å²) in [6, 6.07) is 24.1. The van der Waals surface area contributed by atoms with E-state index in [1.807, 2.05) is 30.3 Å². The summed E-state index contributed by atoms with van der Waals surface area (Å²) in [6.45, 7) is 3.58. The molecule has 0 N–H and O–H groups in total. The van der Waals surface area contributed by atoms with Crippen molar-refractivity contribution in [2.45, 2.75) is 26.6 Å². The third-order valence-electron chi connectivity index (χ3n) is 6.16. The Bertz CT molecular complexity index is 1170. The van der Waals surface area contributed by atoms with E-state index < -0.39 is 35.0 Å². The number of ether oxygens (including phenoxy) is 2. The molecule has 1 aliphatic carbocycles. The number of esters is 1. The third kappa shape index (κ3) is 5.33. The molecule has 0 heterocycles. The van der Waals surface area contributed by atoms with Gasteiger partial charge in [0, 0.05) is 0 Å². The zero-order chi connectivity index (χ0) is 24.3. The minimum atomic E-state index is -4.52. The first-order valence-electron chi connectivity index (χ1n) is 11.0. The first-order valence-corrected chi connectivity index (χ1v) is 11.0. The molecule has 1 aliphatic rings. The molecule has 1 fully saturated rings. The number of rotatable bonds is 7. The second-order valence-corrected chi connectivity index (χ2v) is 8.94. The monoisotopic (exact) mass is 466 g/mol. The predicted molar refractivity (Wildman–Crippen MR) is 124 cm³/mol. The Morgan fingerprint density at radius 1 is 0.912 bits per heavy atom. The molecule has 1 saturated carbocycles. The van der Waals surface area contributed by atoms with E-state index in [0.717, 1.165) is 5.56 Å². The number of benzene rings is 3. The standard InChI is InChI=1S/C28H25F3O3/c1-27(2)24(17-23(28(29,30)31)20-11-5-3-6-12-20)25(27)26(32)33-18-19-10-9-15-22(16-19)34-21-13-7-4-8-14-21/h3-17,24-25H,18H2,1-2H3/b23-17-. The first kappa shape index (κ1) is 23.6. The molecule has 3 nitrogen and oxygen atoms in total. The zero-order valence-corrected chi connectivity index (χ0v) is 18.9. The molecule has 0 bridgehead atoms. The molecule has 0 spiro atoms. The third-order valence-corrected chi connectivity index (χ3v) is 6.16. The van der Waals surface area contributed by atoms with Crippen molar-refractivity contribution in [3.63, 3.8) is 0 Å². The maximum absolute atomic E-state index is 13.7. The van der Waals surface area contributed by atoms with Crippen LogP contribution in [0.4, 0.5) is 13.2 Å². The van der Waals surface area contributed by atoms with Gasteiger partial charge >= 0.3 is 12.1 Å². The fourth-order valence-corrected chi connectivity index (χ4v) is 4.16. The summed E-state index contributed by atoms with van der Waals surface area (Å²) in [4.78, 5) is 12.8. The van der Waals surface area contributed by atoms with E-state index >= 15 is 0 Å². The molecule has 0 radical (unpaired) electrons. The summed E-state index contributed by atoms with van der Waals surface area (Å²) in [6.07, 6.45) is -3.34. The smallest absolute Gasteiger partial charge is 0.416 e. The number of allylic oxidation sites excluding steroid dienone is 2. The van der Waals surface area contributed by atoms with Crippen molar-refractivity contribution in [2.75, 3.05) is 0 Å². The molecule has 0 aliphatic heterocycles. The Kier molecular flexibility index (Phi) is 6.51. The Balaban J connectivity index is 1.44. The van der Waals surface area contributed by atoms with E-state index in [0.29, 0.717) is 11.5 Å². The number of hydrogen-bond acceptors (Lipinski definition) is 3. The van der Waals surface area contributed by atoms with Gasteiger partial charge in [-0.15, -0.1) is 0 Å². The van der Waals surface area contributed by atoms with Gasteiger partial charge in [0.05, 0.1) is 11.5 Å². The second-order valence-electron chi connectivity index (χ2n) is 8.94. The summed E-state index contributed by atoms with van der Waals surface area (Å²) >= 11 is 0. The lowest BCUT2D eigenvalue weighted by atomic mass is 10.0. The van der Waals surface area contributed by atoms with Crippen molar-refractivity contribution >= 4 is 11.5 Å². The predicted octanol–water partition coefficient (Wildman–Crippen LogP) is 7.44. The number of hydrogen-bond donors (Lipinski definition) is 0. The summed E-state index contributed by atoms with van der Waals surface area (Å²) in [7, 11) is 0. The van der Waals surface area contributed by atoms with Gasteiger partial charge < -0.3 is 9.47 Å². The molecule has 3 aromatic carbocycles. The van der Waals surface area contributed by atoms with E-state index in [4.69, 9.17) is 9.47 Å². The van der Waals surface area contributed by atoms with E-state index in [1.54, 1.807) is 56.3 Å². The Hall–Kier alpha value is -3.54. The van der Waals surface area contributed by atoms with Gasteiger partial charge in [0.2, 0.25) is 0 Å². The summed E-state index contributed by atoms with van der Waals surface area (Å²) in [5.74, 6) is -0.424. The van der Waals surface area contributed by atoms with Crippen molar-refractivity contribution in [2.24, 2.45) is 17.3 Å². The molecule has 0 saturated heterocycles. The van der Waals surface area contributed by atoms with Gasteiger partial charge in [0.15, 0.2) is 0 Å². The quantitative estimate of drug-likeness (QED) is 0.340. The van der Waals surface area contributed by atoms with Gasteiger partial charge in [0.25, 0.3) is 0 Å². The second kappa shape index (κ2) is 9.37. The van der Waals surface area contributed by atoms with Gasteiger partial charge in [-0.3, -0.25) is 4.79 Å². The van der Waals surface area contributed by atoms with E-state index in [1.165, 1.54) is 18.2 Å². The van der Waals surface area contributed by atoms with Gasteiger partial charge in [-0.05, 0) is 46.7 Å². The van der Waals surface area contributed by atoms with Gasteiger partial charge in [0.1, 0.15) is 18.1 Å². The number of alkyl halides is 3. The number of para-hydroxylation sites is 1. The van der Waals surface area contributed by atoms with Crippen LogP contribution in [0.5, 0.6) is 11.5 Å². The molecule has 4 rings (SSSR count). The van der Waals surface area contributed by atoms with E-state index in [-0.39, 0.29) is 12.2 Å². The van der Waals surface area contributed by atoms with Gasteiger partial charge in [-0.2, -0.15) is 13.2 Å². The molecule has 176 valence electrons. The summed E-state index contributed by atoms with van der Waals surface area (Å²) < 4.78 is 52.5. The van der Waals surface area contributed by atoms with Crippen LogP contribution >= 0.6 is 0 Å². The number of carbonyl (C=O) groups is 1. The largest absolute Gasteiger partial charge is 0.461 e. The van der Waals surface area contributed by atoms with Crippen LogP contribution in [0.15, 0.2) is 91.0 Å². The van der Waals surface area contributed by atoms with E-state index in [2.05, 4.69) is 0 Å². The molecular formula is C28H25F3O3. The topological polar surface area (TPSA) is 35.5 Å². The molecule has 2 unspecified atom stereocenters. The molecular weight excluding hydrogens is 441 g/mol. The van der Waals surface area contributed by atoms with Crippen LogP contribution in [-0.2, 0) is 16.1 Å². The lowest BCUT2D eigenvalue weighted by Gasteiger charge is -2.12.